The van der Waals surface area contributed by atoms with E-state index < -0.39 is 0 Å². The van der Waals surface area contributed by atoms with Crippen LogP contribution in [0.5, 0.6) is 0 Å². The Bertz CT molecular complexity index is 120. The van der Waals surface area contributed by atoms with Crippen molar-refractivity contribution in [2.24, 2.45) is 5.92 Å². The number of carbonyl (C=O) groups is 1. The van der Waals surface area contributed by atoms with Crippen LogP contribution in [-0.4, -0.2) is 19.4 Å². The summed E-state index contributed by atoms with van der Waals surface area (Å²) < 4.78 is 0. The van der Waals surface area contributed by atoms with Crippen LogP contribution in [0.25, 0.3) is 0 Å². The van der Waals surface area contributed by atoms with Gasteiger partial charge in [-0.15, -0.1) is 0 Å². The van der Waals surface area contributed by atoms with Crippen molar-refractivity contribution >= 4 is 5.78 Å². The van der Waals surface area contributed by atoms with Crippen LogP contribution >= 0.6 is 0 Å². The standard InChI is InChI=1S/C8H15NO/c1-9-6-7-4-2-3-5-8(7)10/h7,9H,2-6H2,1H3. The second kappa shape index (κ2) is 3.71. The summed E-state index contributed by atoms with van der Waals surface area (Å²) in [5.74, 6) is 0.777. The van der Waals surface area contributed by atoms with E-state index in [4.69, 9.17) is 0 Å². The number of ketones is 1. The highest BCUT2D eigenvalue weighted by molar-refractivity contribution is 5.81. The second-order valence-electron chi connectivity index (χ2n) is 2.97. The maximum atomic E-state index is 11.1. The number of nitrogens with one attached hydrogen (secondary N) is 1. The topological polar surface area (TPSA) is 29.1 Å². The number of hydrogen-bond donors (Lipinski definition) is 1. The Balaban J connectivity index is 2.32. The van der Waals surface area contributed by atoms with Gasteiger partial charge < -0.3 is 5.32 Å². The molecule has 0 aromatic rings. The predicted molar refractivity (Wildman–Crippen MR) is 40.9 cm³/mol. The van der Waals surface area contributed by atoms with Gasteiger partial charge in [0.1, 0.15) is 5.78 Å². The highest BCUT2D eigenvalue weighted by atomic mass is 16.1. The van der Waals surface area contributed by atoms with E-state index in [9.17, 15) is 4.79 Å². The summed E-state index contributed by atoms with van der Waals surface area (Å²) >= 11 is 0. The summed E-state index contributed by atoms with van der Waals surface area (Å²) in [7, 11) is 1.90. The van der Waals surface area contributed by atoms with E-state index >= 15 is 0 Å². The van der Waals surface area contributed by atoms with E-state index in [1.807, 2.05) is 7.05 Å². The molecular weight excluding hydrogens is 126 g/mol. The van der Waals surface area contributed by atoms with Crippen molar-refractivity contribution in [3.05, 3.63) is 0 Å². The van der Waals surface area contributed by atoms with Crippen molar-refractivity contribution < 1.29 is 4.79 Å². The predicted octanol–water partition coefficient (Wildman–Crippen LogP) is 0.965. The Morgan fingerprint density at radius 1 is 1.60 bits per heavy atom. The highest BCUT2D eigenvalue weighted by Crippen LogP contribution is 2.19. The Morgan fingerprint density at radius 2 is 2.40 bits per heavy atom. The van der Waals surface area contributed by atoms with Crippen molar-refractivity contribution in [2.75, 3.05) is 13.6 Å². The molecule has 0 aromatic carbocycles. The molecule has 0 radical (unpaired) electrons. The molecule has 1 aliphatic rings. The summed E-state index contributed by atoms with van der Waals surface area (Å²) in [6.45, 7) is 0.874. The molecule has 0 aliphatic heterocycles. The monoisotopic (exact) mass is 141 g/mol. The molecule has 2 heteroatoms. The first-order valence-corrected chi connectivity index (χ1v) is 4.02. The van der Waals surface area contributed by atoms with Crippen molar-refractivity contribution in [3.63, 3.8) is 0 Å². The van der Waals surface area contributed by atoms with Gasteiger partial charge in [-0.1, -0.05) is 6.42 Å². The van der Waals surface area contributed by atoms with E-state index in [1.165, 1.54) is 6.42 Å². The van der Waals surface area contributed by atoms with E-state index in [0.29, 0.717) is 11.7 Å². The molecule has 1 saturated carbocycles. The first kappa shape index (κ1) is 7.73. The lowest BCUT2D eigenvalue weighted by molar-refractivity contribution is -0.124. The fourth-order valence-electron chi connectivity index (χ4n) is 1.52. The SMILES string of the molecule is CNCC1CCCCC1=O. The van der Waals surface area contributed by atoms with Gasteiger partial charge >= 0.3 is 0 Å². The van der Waals surface area contributed by atoms with Gasteiger partial charge in [0.15, 0.2) is 0 Å². The smallest absolute Gasteiger partial charge is 0.137 e. The van der Waals surface area contributed by atoms with Crippen LogP contribution in [0.2, 0.25) is 0 Å². The first-order valence-electron chi connectivity index (χ1n) is 4.02. The summed E-state index contributed by atoms with van der Waals surface area (Å²) in [6, 6.07) is 0. The van der Waals surface area contributed by atoms with E-state index in [0.717, 1.165) is 25.8 Å². The maximum absolute atomic E-state index is 11.1. The number of rotatable bonds is 2. The molecule has 0 spiro atoms. The Labute approximate surface area is 62.0 Å². The molecule has 10 heavy (non-hydrogen) atoms. The minimum absolute atomic E-state index is 0.318. The fraction of sp³-hybridized carbons (Fsp3) is 0.875. The lowest BCUT2D eigenvalue weighted by Crippen LogP contribution is -2.28. The number of Topliss-reactive ketones (excluding diaryl/α,β-unsaturated/α-hetero) is 1. The van der Waals surface area contributed by atoms with Gasteiger partial charge in [-0.05, 0) is 19.9 Å². The van der Waals surface area contributed by atoms with Gasteiger partial charge in [-0.25, -0.2) is 0 Å². The van der Waals surface area contributed by atoms with Gasteiger partial charge in [0.2, 0.25) is 0 Å². The first-order chi connectivity index (χ1) is 4.84. The molecule has 1 fully saturated rings. The van der Waals surface area contributed by atoms with Crippen LogP contribution in [0.15, 0.2) is 0 Å². The summed E-state index contributed by atoms with van der Waals surface area (Å²) in [6.07, 6.45) is 4.25. The zero-order chi connectivity index (χ0) is 7.40. The molecule has 1 aliphatic carbocycles. The molecular formula is C8H15NO. The third kappa shape index (κ3) is 1.81. The van der Waals surface area contributed by atoms with Gasteiger partial charge in [-0.2, -0.15) is 0 Å². The van der Waals surface area contributed by atoms with Gasteiger partial charge in [0.05, 0.1) is 0 Å². The zero-order valence-corrected chi connectivity index (χ0v) is 6.52. The highest BCUT2D eigenvalue weighted by Gasteiger charge is 2.20. The van der Waals surface area contributed by atoms with E-state index in [1.54, 1.807) is 0 Å². The fourth-order valence-corrected chi connectivity index (χ4v) is 1.52. The van der Waals surface area contributed by atoms with E-state index in [2.05, 4.69) is 5.32 Å². The summed E-state index contributed by atoms with van der Waals surface area (Å²) in [5.41, 5.74) is 0. The molecule has 1 N–H and O–H groups in total. The molecule has 2 nitrogen and oxygen atoms in total. The number of hydrogen-bond acceptors (Lipinski definition) is 2. The zero-order valence-electron chi connectivity index (χ0n) is 6.52. The third-order valence-corrected chi connectivity index (χ3v) is 2.13. The van der Waals surface area contributed by atoms with Crippen LogP contribution in [0.3, 0.4) is 0 Å². The van der Waals surface area contributed by atoms with Crippen molar-refractivity contribution in [2.45, 2.75) is 25.7 Å². The number of carbonyl (C=O) groups excluding carboxylic acids is 1. The lowest BCUT2D eigenvalue weighted by Gasteiger charge is -2.19. The van der Waals surface area contributed by atoms with Gasteiger partial charge in [0.25, 0.3) is 0 Å². The van der Waals surface area contributed by atoms with Crippen LogP contribution in [0.1, 0.15) is 25.7 Å². The quantitative estimate of drug-likeness (QED) is 0.620. The Kier molecular flexibility index (Phi) is 2.87. The minimum Gasteiger partial charge on any atom is -0.319 e. The molecule has 1 unspecified atom stereocenters. The maximum Gasteiger partial charge on any atom is 0.137 e. The van der Waals surface area contributed by atoms with Crippen LogP contribution in [0.4, 0.5) is 0 Å². The van der Waals surface area contributed by atoms with Gasteiger partial charge in [0, 0.05) is 18.9 Å². The molecule has 1 rings (SSSR count). The lowest BCUT2D eigenvalue weighted by atomic mass is 9.88. The molecule has 0 amide bonds. The molecule has 0 aromatic heterocycles. The van der Waals surface area contributed by atoms with Crippen LogP contribution in [-0.2, 0) is 4.79 Å². The Morgan fingerprint density at radius 3 is 3.00 bits per heavy atom. The molecule has 1 atom stereocenters. The van der Waals surface area contributed by atoms with Crippen LogP contribution < -0.4 is 5.32 Å². The molecule has 0 bridgehead atoms. The third-order valence-electron chi connectivity index (χ3n) is 2.13. The van der Waals surface area contributed by atoms with Crippen LogP contribution in [0, 0.1) is 5.92 Å². The van der Waals surface area contributed by atoms with E-state index in [-0.39, 0.29) is 0 Å². The largest absolute Gasteiger partial charge is 0.319 e. The molecule has 0 heterocycles. The Hall–Kier alpha value is -0.370. The molecule has 58 valence electrons. The van der Waals surface area contributed by atoms with Crippen molar-refractivity contribution in [1.29, 1.82) is 0 Å². The van der Waals surface area contributed by atoms with Crippen molar-refractivity contribution in [1.82, 2.24) is 5.32 Å². The average Bonchev–Trinajstić information content (AvgIpc) is 1.94. The minimum atomic E-state index is 0.318. The summed E-state index contributed by atoms with van der Waals surface area (Å²) in [5, 5.41) is 3.05. The van der Waals surface area contributed by atoms with Gasteiger partial charge in [-0.3, -0.25) is 4.79 Å². The second-order valence-corrected chi connectivity index (χ2v) is 2.97. The normalized spacial score (nSPS) is 26.9. The van der Waals surface area contributed by atoms with Crippen molar-refractivity contribution in [3.8, 4) is 0 Å². The average molecular weight is 141 g/mol. The summed E-state index contributed by atoms with van der Waals surface area (Å²) in [4.78, 5) is 11.1. The molecule has 0 saturated heterocycles.